The minimum absolute atomic E-state index is 0.783. The van der Waals surface area contributed by atoms with E-state index in [1.54, 1.807) is 0 Å². The molecular weight excluding hydrogens is 819 g/mol. The summed E-state index contributed by atoms with van der Waals surface area (Å²) in [6.45, 7) is 0. The maximum absolute atomic E-state index is 13.9. The second kappa shape index (κ2) is 12.1. The Labute approximate surface area is 299 Å². The summed E-state index contributed by atoms with van der Waals surface area (Å²) in [7, 11) is 0. The molecule has 0 spiro atoms. The molecule has 0 aromatic carbocycles. The van der Waals surface area contributed by atoms with Crippen molar-refractivity contribution < 1.29 is 59.5 Å². The van der Waals surface area contributed by atoms with E-state index in [1.165, 1.54) is 0 Å². The number of hydrogen-bond acceptors (Lipinski definition) is 28. The van der Waals surface area contributed by atoms with E-state index in [0.29, 0.717) is 0 Å². The number of hydrazine groups is 8. The van der Waals surface area contributed by atoms with Crippen molar-refractivity contribution in [1.29, 1.82) is 0 Å². The van der Waals surface area contributed by atoms with Gasteiger partial charge in [0.25, 0.3) is 0 Å². The molecule has 0 saturated carbocycles. The molecule has 4 atom stereocenters. The molecule has 0 radical (unpaired) electrons. The first-order valence-electron chi connectivity index (χ1n) is 13.2. The van der Waals surface area contributed by atoms with E-state index in [-0.39, 0.29) is 0 Å². The summed E-state index contributed by atoms with van der Waals surface area (Å²) in [5, 5.41) is 140. The Balaban J connectivity index is 2.93. The van der Waals surface area contributed by atoms with Crippen LogP contribution >= 0.6 is 0 Å². The van der Waals surface area contributed by atoms with Crippen LogP contribution in [0.25, 0.3) is 0 Å². The Morgan fingerprint density at radius 1 is 0.351 bits per heavy atom. The monoisotopic (exact) mass is 827 g/mol. The fourth-order valence-corrected chi connectivity index (χ4v) is 7.80. The van der Waals surface area contributed by atoms with Gasteiger partial charge < -0.3 is 0 Å². The third-order valence-electron chi connectivity index (χ3n) is 9.06. The minimum atomic E-state index is -8.40. The van der Waals surface area contributed by atoms with Gasteiger partial charge in [-0.2, -0.15) is 0 Å². The van der Waals surface area contributed by atoms with E-state index in [9.17, 15) is 121 Å². The van der Waals surface area contributed by atoms with E-state index in [4.69, 9.17) is 0 Å². The van der Waals surface area contributed by atoms with Gasteiger partial charge in [0.05, 0.1) is 19.7 Å². The topological polar surface area (TPSA) is 579 Å². The highest BCUT2D eigenvalue weighted by molar-refractivity contribution is 6.91. The van der Waals surface area contributed by atoms with Crippen LogP contribution in [0.2, 0.25) is 0 Å². The summed E-state index contributed by atoms with van der Waals surface area (Å²) in [4.78, 5) is 136. The van der Waals surface area contributed by atoms with Gasteiger partial charge in [-0.05, 0) is 0 Å². The van der Waals surface area contributed by atoms with Crippen molar-refractivity contribution in [3.05, 3.63) is 169 Å². The third-order valence-corrected chi connectivity index (χ3v) is 9.06. The van der Waals surface area contributed by atoms with Crippen molar-refractivity contribution in [1.82, 2.24) is 42.2 Å². The van der Waals surface area contributed by atoms with Crippen LogP contribution in [0.5, 0.6) is 0 Å². The van der Waals surface area contributed by atoms with Crippen LogP contribution in [0.3, 0.4) is 0 Å². The van der Waals surface area contributed by atoms with Gasteiger partial charge >= 0.3 is 51.2 Å². The van der Waals surface area contributed by atoms with Gasteiger partial charge in [0.1, 0.15) is 24.8 Å². The molecule has 0 fully saturated rings. The van der Waals surface area contributed by atoms with Gasteiger partial charge in [-0.1, -0.05) is 0 Å². The lowest BCUT2D eigenvalue weighted by Crippen LogP contribution is -3.05. The van der Waals surface area contributed by atoms with Crippen LogP contribution in [0, 0.1) is 121 Å². The van der Waals surface area contributed by atoms with Crippen LogP contribution in [0.15, 0.2) is 47.6 Å². The zero-order valence-corrected chi connectivity index (χ0v) is 25.8. The number of rotatable bonds is 16. The first-order chi connectivity index (χ1) is 26.3. The molecule has 0 aromatic rings. The number of nitrogens with one attached hydrogen (secondary N) is 4. The Bertz CT molecular complexity index is 1890. The largest absolute Gasteiger partial charge is 0.524 e. The first kappa shape index (κ1) is 40.0. The van der Waals surface area contributed by atoms with Gasteiger partial charge in [-0.15, -0.1) is 0 Å². The van der Waals surface area contributed by atoms with Gasteiger partial charge in [-0.3, -0.25) is 80.9 Å². The lowest BCUT2D eigenvalue weighted by Gasteiger charge is -2.52. The molecule has 0 aliphatic carbocycles. The molecule has 44 nitrogen and oxygen atoms in total. The molecule has 0 saturated heterocycles. The van der Waals surface area contributed by atoms with Crippen molar-refractivity contribution in [3.8, 4) is 0 Å². The van der Waals surface area contributed by atoms with Gasteiger partial charge in [0, 0.05) is 40.2 Å². The number of nitrogens with zero attached hydrogens (tertiary/aromatic N) is 16. The molecule has 4 aliphatic rings. The summed E-state index contributed by atoms with van der Waals surface area (Å²) in [6, 6.07) is 0. The normalized spacial score (nSPS) is 27.1. The summed E-state index contributed by atoms with van der Waals surface area (Å²) in [5.41, 5.74) is -34.3. The van der Waals surface area contributed by atoms with E-state index in [0.717, 1.165) is 21.7 Å². The van der Waals surface area contributed by atoms with Crippen LogP contribution in [0.4, 0.5) is 0 Å². The van der Waals surface area contributed by atoms with Crippen molar-refractivity contribution in [2.75, 3.05) is 0 Å². The summed E-state index contributed by atoms with van der Waals surface area (Å²) in [6.07, 6.45) is -11.5. The van der Waals surface area contributed by atoms with Crippen LogP contribution in [-0.4, -0.2) is 108 Å². The lowest BCUT2D eigenvalue weighted by molar-refractivity contribution is -0.799. The average molecular weight is 827 g/mol. The number of hydrogen-bond donors (Lipinski definition) is 4. The molecule has 45 heteroatoms. The van der Waals surface area contributed by atoms with Crippen molar-refractivity contribution in [2.45, 2.75) is 22.2 Å². The predicted molar refractivity (Wildman–Crippen MR) is 153 cm³/mol. The third kappa shape index (κ3) is 4.01. The van der Waals surface area contributed by atoms with E-state index < -0.39 is 156 Å². The highest BCUT2D eigenvalue weighted by Crippen LogP contribution is 2.64. The molecule has 57 heavy (non-hydrogen) atoms. The predicted octanol–water partition coefficient (Wildman–Crippen LogP) is -6.00. The van der Waals surface area contributed by atoms with Gasteiger partial charge in [0.2, 0.25) is 0 Å². The molecule has 4 heterocycles. The Morgan fingerprint density at radius 2 is 0.509 bits per heavy atom. The molecule has 4 aliphatic heterocycles. The van der Waals surface area contributed by atoms with E-state index in [2.05, 4.69) is 0 Å². The molecular formula is C12H8BN20O24-. The van der Waals surface area contributed by atoms with Gasteiger partial charge in [0.15, 0.2) is 20.1 Å². The minimum Gasteiger partial charge on any atom is -0.265 e. The molecule has 4 N–H and O–H groups in total. The van der Waals surface area contributed by atoms with E-state index in [1.807, 2.05) is 0 Å². The molecule has 0 amide bonds. The quantitative estimate of drug-likeness (QED) is 0.0639. The van der Waals surface area contributed by atoms with Crippen LogP contribution in [0.1, 0.15) is 0 Å². The molecule has 0 aromatic heterocycles. The summed E-state index contributed by atoms with van der Waals surface area (Å²) in [5.74, 6) is 0. The second-order valence-corrected chi connectivity index (χ2v) is 10.7. The Hall–Kier alpha value is -9.78. The summed E-state index contributed by atoms with van der Waals surface area (Å²) < 4.78 is 0. The van der Waals surface area contributed by atoms with E-state index >= 15 is 0 Å². The van der Waals surface area contributed by atoms with Crippen molar-refractivity contribution >= 4 is 6.15 Å². The molecule has 0 bridgehead atoms. The van der Waals surface area contributed by atoms with Crippen LogP contribution < -0.4 is 21.7 Å². The molecule has 4 rings (SSSR count). The number of nitro groups is 12. The lowest BCUT2D eigenvalue weighted by atomic mass is 9.00. The fraction of sp³-hybridized carbons (Fsp3) is 0.333. The highest BCUT2D eigenvalue weighted by atomic mass is 16.7. The summed E-state index contributed by atoms with van der Waals surface area (Å²) >= 11 is 0. The van der Waals surface area contributed by atoms with Crippen LogP contribution in [-0.2, 0) is 0 Å². The maximum atomic E-state index is 13.9. The Morgan fingerprint density at radius 3 is 0.614 bits per heavy atom. The first-order valence-corrected chi connectivity index (χ1v) is 13.2. The Kier molecular flexibility index (Phi) is 8.52. The standard InChI is InChI=1S/C12H8BN20O24/c34-18(35)5-1-14-22(30(50)51)9(5,26(42)43)13(10(27(44)45)6(19(36)37)2-15-23(10)31(52)53,11(28(46)47)7(20(38)39)3-16-24(11)32(54)55)12(29(48)49)8(21(40)41)4-17-25(12)33(56)57/h1-4,14-17H/q-1. The second-order valence-electron chi connectivity index (χ2n) is 10.7. The van der Waals surface area contributed by atoms with Gasteiger partial charge in [-0.25, -0.2) is 62.2 Å². The zero-order chi connectivity index (χ0) is 43.7. The average Bonchev–Trinajstić information content (AvgIpc) is 3.86. The zero-order valence-electron chi connectivity index (χ0n) is 25.8. The maximum Gasteiger partial charge on any atom is 0.524 e. The fourth-order valence-electron chi connectivity index (χ4n) is 7.80. The highest BCUT2D eigenvalue weighted by Gasteiger charge is 3.17. The van der Waals surface area contributed by atoms with Crippen molar-refractivity contribution in [2.24, 2.45) is 0 Å². The molecule has 4 unspecified atom stereocenters. The SMILES string of the molecule is O=[N+]([O-])C1=CNN([N+](=O)[O-])C1([N+](=O)[O-])[B-](C1([N+](=O)[O-])C([N+](=O)[O-])=CNN1[N+](=O)[O-])(C1([N+](=O)[O-])C([N+](=O)[O-])=CNN1[N+](=O)[O-])C1([N+](=O)[O-])C([N+](=O)[O-])=CNN1[N+](=O)[O-]. The van der Waals surface area contributed by atoms with Crippen molar-refractivity contribution in [3.63, 3.8) is 0 Å². The smallest absolute Gasteiger partial charge is 0.265 e. The molecule has 304 valence electrons.